The van der Waals surface area contributed by atoms with E-state index in [-0.39, 0.29) is 17.9 Å². The third-order valence-electron chi connectivity index (χ3n) is 4.88. The fourth-order valence-corrected chi connectivity index (χ4v) is 3.28. The summed E-state index contributed by atoms with van der Waals surface area (Å²) in [5.41, 5.74) is 1.12. The minimum Gasteiger partial charge on any atom is -0.459 e. The maximum absolute atomic E-state index is 12.7. The predicted octanol–water partition coefficient (Wildman–Crippen LogP) is 2.08. The van der Waals surface area contributed by atoms with E-state index in [1.807, 2.05) is 44.3 Å². The molecule has 0 saturated carbocycles. The van der Waals surface area contributed by atoms with Gasteiger partial charge in [-0.05, 0) is 24.6 Å². The fourth-order valence-electron chi connectivity index (χ4n) is 3.28. The first-order valence-corrected chi connectivity index (χ1v) is 8.92. The van der Waals surface area contributed by atoms with E-state index in [0.29, 0.717) is 38.5 Å². The molecule has 0 radical (unpaired) electrons. The summed E-state index contributed by atoms with van der Waals surface area (Å²) in [6, 6.07) is 13.2. The molecule has 1 aliphatic rings. The van der Waals surface area contributed by atoms with E-state index < -0.39 is 0 Å². The zero-order chi connectivity index (χ0) is 18.5. The monoisotopic (exact) mass is 355 g/mol. The van der Waals surface area contributed by atoms with Gasteiger partial charge in [-0.25, -0.2) is 0 Å². The average Bonchev–Trinajstić information content (AvgIpc) is 3.22. The molecule has 1 aromatic carbocycles. The molecule has 0 spiro atoms. The van der Waals surface area contributed by atoms with Crippen molar-refractivity contribution in [3.63, 3.8) is 0 Å². The predicted molar refractivity (Wildman–Crippen MR) is 98.6 cm³/mol. The van der Waals surface area contributed by atoms with Crippen LogP contribution >= 0.6 is 0 Å². The van der Waals surface area contributed by atoms with Gasteiger partial charge in [0.2, 0.25) is 5.91 Å². The maximum Gasteiger partial charge on any atom is 0.289 e. The number of benzene rings is 1. The molecule has 1 atom stereocenters. The molecular formula is C20H25N3O3. The van der Waals surface area contributed by atoms with Crippen LogP contribution in [-0.4, -0.2) is 65.8 Å². The Morgan fingerprint density at radius 3 is 2.38 bits per heavy atom. The number of hydrogen-bond donors (Lipinski definition) is 0. The zero-order valence-corrected chi connectivity index (χ0v) is 15.3. The summed E-state index contributed by atoms with van der Waals surface area (Å²) in [6.45, 7) is 5.09. The SMILES string of the molecule is CC(C(=O)N(C)Cc1ccccc1)N1CCN(C(=O)c2ccco2)CC1. The number of likely N-dealkylation sites (N-methyl/N-ethyl adjacent to an activating group) is 1. The Morgan fingerprint density at radius 2 is 1.77 bits per heavy atom. The summed E-state index contributed by atoms with van der Waals surface area (Å²) in [5, 5.41) is 0. The molecule has 2 heterocycles. The van der Waals surface area contributed by atoms with Crippen LogP contribution in [-0.2, 0) is 11.3 Å². The standard InChI is InChI=1S/C20H25N3O3/c1-16(19(24)21(2)15-17-7-4-3-5-8-17)22-10-12-23(13-11-22)20(25)18-9-6-14-26-18/h3-9,14,16H,10-13,15H2,1-2H3. The highest BCUT2D eigenvalue weighted by molar-refractivity contribution is 5.91. The minimum atomic E-state index is -0.204. The highest BCUT2D eigenvalue weighted by atomic mass is 16.3. The van der Waals surface area contributed by atoms with Crippen LogP contribution in [0.15, 0.2) is 53.1 Å². The van der Waals surface area contributed by atoms with Crippen LogP contribution in [0.5, 0.6) is 0 Å². The smallest absolute Gasteiger partial charge is 0.289 e. The highest BCUT2D eigenvalue weighted by Crippen LogP contribution is 2.13. The molecule has 3 rings (SSSR count). The van der Waals surface area contributed by atoms with Gasteiger partial charge in [0.25, 0.3) is 5.91 Å². The van der Waals surface area contributed by atoms with E-state index in [2.05, 4.69) is 4.90 Å². The van der Waals surface area contributed by atoms with Crippen LogP contribution in [0.25, 0.3) is 0 Å². The molecule has 0 aliphatic carbocycles. The lowest BCUT2D eigenvalue weighted by Crippen LogP contribution is -2.55. The van der Waals surface area contributed by atoms with Gasteiger partial charge in [0.1, 0.15) is 0 Å². The Labute approximate surface area is 154 Å². The number of carbonyl (C=O) groups is 2. The van der Waals surface area contributed by atoms with Crippen molar-refractivity contribution >= 4 is 11.8 Å². The average molecular weight is 355 g/mol. The van der Waals surface area contributed by atoms with Crippen molar-refractivity contribution in [2.45, 2.75) is 19.5 Å². The van der Waals surface area contributed by atoms with Crippen LogP contribution in [0.3, 0.4) is 0 Å². The Balaban J connectivity index is 1.52. The molecule has 1 saturated heterocycles. The van der Waals surface area contributed by atoms with Crippen molar-refractivity contribution in [1.29, 1.82) is 0 Å². The quantitative estimate of drug-likeness (QED) is 0.824. The summed E-state index contributed by atoms with van der Waals surface area (Å²) in [7, 11) is 1.84. The molecule has 0 N–H and O–H groups in total. The van der Waals surface area contributed by atoms with E-state index in [0.717, 1.165) is 5.56 Å². The maximum atomic E-state index is 12.7. The summed E-state index contributed by atoms with van der Waals surface area (Å²) >= 11 is 0. The summed E-state index contributed by atoms with van der Waals surface area (Å²) in [4.78, 5) is 30.7. The summed E-state index contributed by atoms with van der Waals surface area (Å²) in [6.07, 6.45) is 1.51. The van der Waals surface area contributed by atoms with Gasteiger partial charge in [-0.15, -0.1) is 0 Å². The van der Waals surface area contributed by atoms with Gasteiger partial charge in [0, 0.05) is 39.8 Å². The molecule has 1 unspecified atom stereocenters. The molecule has 2 aromatic rings. The number of hydrogen-bond acceptors (Lipinski definition) is 4. The molecule has 1 aliphatic heterocycles. The number of carbonyl (C=O) groups excluding carboxylic acids is 2. The minimum absolute atomic E-state index is 0.0881. The first-order valence-electron chi connectivity index (χ1n) is 8.92. The largest absolute Gasteiger partial charge is 0.459 e. The lowest BCUT2D eigenvalue weighted by Gasteiger charge is -2.38. The van der Waals surface area contributed by atoms with Gasteiger partial charge in [-0.2, -0.15) is 0 Å². The van der Waals surface area contributed by atoms with Gasteiger partial charge >= 0.3 is 0 Å². The zero-order valence-electron chi connectivity index (χ0n) is 15.3. The van der Waals surface area contributed by atoms with Crippen molar-refractivity contribution in [1.82, 2.24) is 14.7 Å². The lowest BCUT2D eigenvalue weighted by atomic mass is 10.1. The van der Waals surface area contributed by atoms with E-state index >= 15 is 0 Å². The Morgan fingerprint density at radius 1 is 1.08 bits per heavy atom. The first kappa shape index (κ1) is 18.2. The molecule has 26 heavy (non-hydrogen) atoms. The number of nitrogens with zero attached hydrogens (tertiary/aromatic N) is 3. The van der Waals surface area contributed by atoms with Crippen LogP contribution in [0, 0.1) is 0 Å². The second-order valence-corrected chi connectivity index (χ2v) is 6.66. The van der Waals surface area contributed by atoms with E-state index in [4.69, 9.17) is 4.42 Å². The van der Waals surface area contributed by atoms with Gasteiger partial charge in [0.15, 0.2) is 5.76 Å². The van der Waals surface area contributed by atoms with Crippen molar-refractivity contribution < 1.29 is 14.0 Å². The Kier molecular flexibility index (Phi) is 5.73. The summed E-state index contributed by atoms with van der Waals surface area (Å²) in [5.74, 6) is 0.375. The van der Waals surface area contributed by atoms with Crippen molar-refractivity contribution in [2.24, 2.45) is 0 Å². The van der Waals surface area contributed by atoms with E-state index in [1.54, 1.807) is 21.9 Å². The number of amides is 2. The van der Waals surface area contributed by atoms with Crippen LogP contribution in [0.2, 0.25) is 0 Å². The van der Waals surface area contributed by atoms with Gasteiger partial charge in [0.05, 0.1) is 12.3 Å². The molecule has 1 aromatic heterocycles. The van der Waals surface area contributed by atoms with E-state index in [1.165, 1.54) is 6.26 Å². The second-order valence-electron chi connectivity index (χ2n) is 6.66. The highest BCUT2D eigenvalue weighted by Gasteiger charge is 2.29. The Bertz CT molecular complexity index is 722. The number of piperazine rings is 1. The molecule has 6 heteroatoms. The van der Waals surface area contributed by atoms with Crippen molar-refractivity contribution in [2.75, 3.05) is 33.2 Å². The van der Waals surface area contributed by atoms with Crippen molar-refractivity contribution in [3.05, 3.63) is 60.1 Å². The van der Waals surface area contributed by atoms with Gasteiger partial charge in [-0.1, -0.05) is 30.3 Å². The molecule has 6 nitrogen and oxygen atoms in total. The third kappa shape index (κ3) is 4.14. The third-order valence-corrected chi connectivity index (χ3v) is 4.88. The lowest BCUT2D eigenvalue weighted by molar-refractivity contribution is -0.136. The van der Waals surface area contributed by atoms with Gasteiger partial charge < -0.3 is 14.2 Å². The molecule has 1 fully saturated rings. The van der Waals surface area contributed by atoms with Crippen molar-refractivity contribution in [3.8, 4) is 0 Å². The van der Waals surface area contributed by atoms with E-state index in [9.17, 15) is 9.59 Å². The Hall–Kier alpha value is -2.60. The van der Waals surface area contributed by atoms with Crippen LogP contribution < -0.4 is 0 Å². The first-order chi connectivity index (χ1) is 12.6. The molecule has 2 amide bonds. The number of furan rings is 1. The number of rotatable bonds is 5. The molecular weight excluding hydrogens is 330 g/mol. The molecule has 0 bridgehead atoms. The summed E-state index contributed by atoms with van der Waals surface area (Å²) < 4.78 is 5.18. The van der Waals surface area contributed by atoms with Gasteiger partial charge in [-0.3, -0.25) is 14.5 Å². The van der Waals surface area contributed by atoms with Crippen LogP contribution in [0.1, 0.15) is 23.0 Å². The molecule has 138 valence electrons. The topological polar surface area (TPSA) is 57.0 Å². The normalized spacial score (nSPS) is 16.3. The van der Waals surface area contributed by atoms with Crippen LogP contribution in [0.4, 0.5) is 0 Å². The fraction of sp³-hybridized carbons (Fsp3) is 0.400. The second kappa shape index (κ2) is 8.19.